The lowest BCUT2D eigenvalue weighted by atomic mass is 10.5. The van der Waals surface area contributed by atoms with Crippen molar-refractivity contribution in [2.45, 2.75) is 38.5 Å². The van der Waals surface area contributed by atoms with Crippen molar-refractivity contribution < 1.29 is 59.4 Å². The van der Waals surface area contributed by atoms with Crippen LogP contribution in [-0.2, 0) is 28.8 Å². The summed E-state index contributed by atoms with van der Waals surface area (Å²) in [5.74, 6) is -6.81. The van der Waals surface area contributed by atoms with E-state index in [0.29, 0.717) is 0 Å². The zero-order chi connectivity index (χ0) is 26.4. The molecule has 0 aromatic heterocycles. The third-order valence-electron chi connectivity index (χ3n) is 4.75. The Morgan fingerprint density at radius 1 is 0.400 bits per heavy atom. The topological polar surface area (TPSA) is 224 Å². The van der Waals surface area contributed by atoms with Crippen LogP contribution in [0, 0.1) is 0 Å². The first kappa shape index (κ1) is 35.8. The molecular formula is C18H31ClO12P2S2+2. The molecule has 0 aliphatic heterocycles. The molecule has 17 heteroatoms. The van der Waals surface area contributed by atoms with Gasteiger partial charge in [0.25, 0.3) is 0 Å². The maximum absolute atomic E-state index is 11.2. The molecule has 0 atom stereocenters. The third-order valence-corrected chi connectivity index (χ3v) is 25.2. The highest BCUT2D eigenvalue weighted by Crippen LogP contribution is 2.85. The molecule has 0 aliphatic carbocycles. The van der Waals surface area contributed by atoms with Gasteiger partial charge in [-0.15, -0.1) is 12.4 Å². The van der Waals surface area contributed by atoms with E-state index in [1.54, 1.807) is 0 Å². The van der Waals surface area contributed by atoms with Gasteiger partial charge in [0.15, 0.2) is 0 Å². The second-order valence-electron chi connectivity index (χ2n) is 7.47. The normalized spacial score (nSPS) is 11.3. The maximum Gasteiger partial charge on any atom is 0.307 e. The van der Waals surface area contributed by atoms with E-state index in [0.717, 1.165) is 0 Å². The Hall–Kier alpha value is -1.33. The second-order valence-corrected chi connectivity index (χ2v) is 22.9. The predicted molar refractivity (Wildman–Crippen MR) is 139 cm³/mol. The van der Waals surface area contributed by atoms with E-state index in [-0.39, 0.29) is 87.9 Å². The minimum atomic E-state index is -2.57. The van der Waals surface area contributed by atoms with Gasteiger partial charge < -0.3 is 30.6 Å². The van der Waals surface area contributed by atoms with Gasteiger partial charge in [-0.05, 0) is 0 Å². The van der Waals surface area contributed by atoms with E-state index >= 15 is 0 Å². The third kappa shape index (κ3) is 17.7. The van der Waals surface area contributed by atoms with Crippen molar-refractivity contribution in [3.05, 3.63) is 0 Å². The molecule has 0 aromatic rings. The van der Waals surface area contributed by atoms with Crippen LogP contribution in [-0.4, -0.2) is 103 Å². The lowest BCUT2D eigenvalue weighted by Gasteiger charge is -2.28. The Kier molecular flexibility index (Phi) is 18.4. The van der Waals surface area contributed by atoms with Crippen molar-refractivity contribution in [2.75, 3.05) is 37.0 Å². The molecule has 35 heavy (non-hydrogen) atoms. The highest BCUT2D eigenvalue weighted by Gasteiger charge is 2.49. The number of halogens is 1. The van der Waals surface area contributed by atoms with Gasteiger partial charge in [0.1, 0.15) is 20.8 Å². The summed E-state index contributed by atoms with van der Waals surface area (Å²) in [4.78, 5) is 67.4. The smallest absolute Gasteiger partial charge is 0.307 e. The molecule has 0 spiro atoms. The van der Waals surface area contributed by atoms with Crippen LogP contribution in [0.1, 0.15) is 38.5 Å². The van der Waals surface area contributed by atoms with Crippen molar-refractivity contribution in [1.29, 1.82) is 0 Å². The molecule has 0 saturated heterocycles. The van der Waals surface area contributed by atoms with Crippen molar-refractivity contribution in [2.24, 2.45) is 0 Å². The monoisotopic (exact) mass is 600 g/mol. The van der Waals surface area contributed by atoms with Crippen LogP contribution in [0.4, 0.5) is 0 Å². The minimum absolute atomic E-state index is 0. The summed E-state index contributed by atoms with van der Waals surface area (Å²) in [5.41, 5.74) is 0. The Morgan fingerprint density at radius 2 is 0.543 bits per heavy atom. The fourth-order valence-electron chi connectivity index (χ4n) is 2.83. The first-order valence-corrected chi connectivity index (χ1v) is 18.2. The van der Waals surface area contributed by atoms with Gasteiger partial charge in [-0.1, -0.05) is 0 Å². The first-order valence-electron chi connectivity index (χ1n) is 10.1. The highest BCUT2D eigenvalue weighted by atomic mass is 35.5. The van der Waals surface area contributed by atoms with Crippen LogP contribution in [0.2, 0.25) is 0 Å². The van der Waals surface area contributed by atoms with Crippen molar-refractivity contribution in [1.82, 2.24) is 0 Å². The lowest BCUT2D eigenvalue weighted by Crippen LogP contribution is -2.15. The number of hydrogen-bond acceptors (Lipinski definition) is 8. The molecule has 0 bridgehead atoms. The van der Waals surface area contributed by atoms with Gasteiger partial charge in [-0.25, -0.2) is 0 Å². The number of carboxylic acids is 6. The number of hydrogen-bond donors (Lipinski definition) is 6. The van der Waals surface area contributed by atoms with E-state index in [2.05, 4.69) is 0 Å². The highest BCUT2D eigenvalue weighted by molar-refractivity contribution is 9.16. The minimum Gasteiger partial charge on any atom is -0.481 e. The van der Waals surface area contributed by atoms with Gasteiger partial charge in [0, 0.05) is 0 Å². The second kappa shape index (κ2) is 18.0. The summed E-state index contributed by atoms with van der Waals surface area (Å²) in [5, 5.41) is 55.1. The Balaban J connectivity index is 0. The van der Waals surface area contributed by atoms with E-state index in [4.69, 9.17) is 0 Å². The molecule has 0 aromatic carbocycles. The van der Waals surface area contributed by atoms with Crippen LogP contribution in [0.15, 0.2) is 0 Å². The number of rotatable bonds is 21. The van der Waals surface area contributed by atoms with Crippen LogP contribution in [0.25, 0.3) is 0 Å². The standard InChI is InChI=1S/C18H28O12P2S2.ClH/c19-13(20)1-7-31(8-2-14(21)22,9-3-15(23)24)33-34-32(10-4-16(25)26,11-5-17(27)28)12-6-18(29)30;/h1-12H2,(H4-2,19,20,21,22,23,24,25,26,27,28,29,30);1H/p+2. The summed E-state index contributed by atoms with van der Waals surface area (Å²) in [6, 6.07) is 0. The Bertz CT molecular complexity index is 615. The molecule has 12 nitrogen and oxygen atoms in total. The summed E-state index contributed by atoms with van der Waals surface area (Å²) >= 11 is 0. The molecule has 0 unspecified atom stereocenters. The quantitative estimate of drug-likeness (QED) is 0.0819. The number of carboxylic acid groups (broad SMARTS) is 6. The number of aliphatic carboxylic acids is 6. The average Bonchev–Trinajstić information content (AvgIpc) is 2.72. The molecule has 202 valence electrons. The van der Waals surface area contributed by atoms with Crippen LogP contribution < -0.4 is 0 Å². The Morgan fingerprint density at radius 3 is 0.657 bits per heavy atom. The van der Waals surface area contributed by atoms with E-state index < -0.39 is 48.7 Å². The summed E-state index contributed by atoms with van der Waals surface area (Å²) in [6.07, 6.45) is -1.57. The maximum atomic E-state index is 11.2. The fraction of sp³-hybridized carbons (Fsp3) is 0.667. The van der Waals surface area contributed by atoms with Gasteiger partial charge in [-0.2, -0.15) is 0 Å². The van der Waals surface area contributed by atoms with Gasteiger partial charge in [0.05, 0.1) is 88.4 Å². The molecular weight excluding hydrogens is 570 g/mol. The molecule has 0 rings (SSSR count). The van der Waals surface area contributed by atoms with Crippen LogP contribution in [0.3, 0.4) is 0 Å². The first-order chi connectivity index (χ1) is 15.7. The van der Waals surface area contributed by atoms with Gasteiger partial charge in [-0.3, -0.25) is 28.8 Å². The van der Waals surface area contributed by atoms with Gasteiger partial charge >= 0.3 is 35.8 Å². The zero-order valence-corrected chi connectivity index (χ0v) is 23.0. The molecule has 0 aliphatic rings. The Labute approximate surface area is 216 Å². The number of carbonyl (C=O) groups is 6. The zero-order valence-electron chi connectivity index (χ0n) is 18.7. The molecule has 0 fully saturated rings. The van der Waals surface area contributed by atoms with Crippen molar-refractivity contribution in [3.63, 3.8) is 0 Å². The summed E-state index contributed by atoms with van der Waals surface area (Å²) in [6.45, 7) is -5.15. The predicted octanol–water partition coefficient (Wildman–Crippen LogP) is 3.50. The van der Waals surface area contributed by atoms with Crippen LogP contribution >= 0.6 is 46.2 Å². The largest absolute Gasteiger partial charge is 0.481 e. The van der Waals surface area contributed by atoms with Crippen molar-refractivity contribution >= 4 is 82.0 Å². The fourth-order valence-corrected chi connectivity index (χ4v) is 26.5. The summed E-state index contributed by atoms with van der Waals surface area (Å²) < 4.78 is 0. The average molecular weight is 601 g/mol. The van der Waals surface area contributed by atoms with Crippen LogP contribution in [0.5, 0.6) is 0 Å². The van der Waals surface area contributed by atoms with E-state index in [1.807, 2.05) is 0 Å². The molecule has 0 amide bonds. The lowest BCUT2D eigenvalue weighted by molar-refractivity contribution is -0.137. The molecule has 0 heterocycles. The molecule has 0 radical (unpaired) electrons. The van der Waals surface area contributed by atoms with E-state index in [1.165, 1.54) is 20.8 Å². The van der Waals surface area contributed by atoms with Crippen molar-refractivity contribution in [3.8, 4) is 0 Å². The van der Waals surface area contributed by atoms with E-state index in [9.17, 15) is 59.4 Å². The molecule has 0 saturated carbocycles. The SMILES string of the molecule is Cl.O=C(O)CC[P+](CCC(=O)O)(CCC(=O)O)SS[P+](CCC(=O)O)(CCC(=O)O)CCC(=O)O. The summed E-state index contributed by atoms with van der Waals surface area (Å²) in [7, 11) is 2.33. The molecule has 6 N–H and O–H groups in total. The van der Waals surface area contributed by atoms with Gasteiger partial charge in [0.2, 0.25) is 0 Å².